The summed E-state index contributed by atoms with van der Waals surface area (Å²) >= 11 is 0. The first-order valence-corrected chi connectivity index (χ1v) is 8.44. The Balaban J connectivity index is 1.58. The van der Waals surface area contributed by atoms with Gasteiger partial charge in [0.2, 0.25) is 11.8 Å². The van der Waals surface area contributed by atoms with Crippen LogP contribution in [0.1, 0.15) is 39.0 Å². The van der Waals surface area contributed by atoms with Crippen molar-refractivity contribution in [3.8, 4) is 5.75 Å². The zero-order valence-electron chi connectivity index (χ0n) is 13.8. The molecule has 23 heavy (non-hydrogen) atoms. The van der Waals surface area contributed by atoms with Crippen molar-refractivity contribution in [2.75, 3.05) is 19.7 Å². The summed E-state index contributed by atoms with van der Waals surface area (Å²) in [5.74, 6) is 1.11. The van der Waals surface area contributed by atoms with Crippen LogP contribution in [0.4, 0.5) is 0 Å². The Labute approximate surface area is 138 Å². The van der Waals surface area contributed by atoms with Gasteiger partial charge < -0.3 is 15.0 Å². The average Bonchev–Trinajstić information content (AvgIpc) is 2.59. The number of carbonyl (C=O) groups is 2. The maximum Gasteiger partial charge on any atom is 0.222 e. The largest absolute Gasteiger partial charge is 0.494 e. The van der Waals surface area contributed by atoms with Gasteiger partial charge in [-0.25, -0.2) is 0 Å². The molecule has 1 aromatic rings. The lowest BCUT2D eigenvalue weighted by Gasteiger charge is -2.32. The van der Waals surface area contributed by atoms with E-state index >= 15 is 0 Å². The van der Waals surface area contributed by atoms with E-state index in [1.165, 1.54) is 0 Å². The number of nitrogens with one attached hydrogen (secondary N) is 1. The molecule has 1 saturated heterocycles. The smallest absolute Gasteiger partial charge is 0.222 e. The molecule has 0 bridgehead atoms. The van der Waals surface area contributed by atoms with Gasteiger partial charge in [-0.3, -0.25) is 9.59 Å². The number of rotatable bonds is 7. The van der Waals surface area contributed by atoms with E-state index in [2.05, 4.69) is 5.32 Å². The van der Waals surface area contributed by atoms with Crippen LogP contribution >= 0.6 is 0 Å². The van der Waals surface area contributed by atoms with Crippen molar-refractivity contribution in [2.24, 2.45) is 0 Å². The molecule has 1 aromatic carbocycles. The Morgan fingerprint density at radius 1 is 1.22 bits per heavy atom. The molecule has 1 aliphatic heterocycles. The topological polar surface area (TPSA) is 58.6 Å². The minimum atomic E-state index is 0.0712. The second kappa shape index (κ2) is 9.18. The minimum Gasteiger partial charge on any atom is -0.494 e. The summed E-state index contributed by atoms with van der Waals surface area (Å²) in [7, 11) is 0. The van der Waals surface area contributed by atoms with Crippen molar-refractivity contribution in [2.45, 2.75) is 45.1 Å². The molecule has 126 valence electrons. The van der Waals surface area contributed by atoms with Gasteiger partial charge in [-0.15, -0.1) is 0 Å². The Hall–Kier alpha value is -2.04. The summed E-state index contributed by atoms with van der Waals surface area (Å²) in [6, 6.07) is 9.81. The summed E-state index contributed by atoms with van der Waals surface area (Å²) in [6.45, 7) is 3.91. The van der Waals surface area contributed by atoms with Crippen LogP contribution in [-0.2, 0) is 9.59 Å². The number of hydrogen-bond donors (Lipinski definition) is 1. The zero-order valence-corrected chi connectivity index (χ0v) is 13.8. The Bertz CT molecular complexity index is 496. The molecule has 2 amide bonds. The van der Waals surface area contributed by atoms with Gasteiger partial charge in [0.15, 0.2) is 0 Å². The van der Waals surface area contributed by atoms with Crippen LogP contribution in [0, 0.1) is 0 Å². The van der Waals surface area contributed by atoms with Gasteiger partial charge in [0.25, 0.3) is 0 Å². The lowest BCUT2D eigenvalue weighted by Crippen LogP contribution is -2.46. The van der Waals surface area contributed by atoms with Gasteiger partial charge in [-0.2, -0.15) is 0 Å². The summed E-state index contributed by atoms with van der Waals surface area (Å²) in [5.41, 5.74) is 0. The monoisotopic (exact) mass is 318 g/mol. The highest BCUT2D eigenvalue weighted by molar-refractivity contribution is 5.77. The third-order valence-corrected chi connectivity index (χ3v) is 4.08. The van der Waals surface area contributed by atoms with E-state index in [1.807, 2.05) is 42.2 Å². The third-order valence-electron chi connectivity index (χ3n) is 4.08. The molecule has 1 heterocycles. The Kier molecular flexibility index (Phi) is 6.91. The Morgan fingerprint density at radius 3 is 2.57 bits per heavy atom. The van der Waals surface area contributed by atoms with Crippen molar-refractivity contribution >= 4 is 11.8 Å². The lowest BCUT2D eigenvalue weighted by atomic mass is 10.0. The molecule has 0 aliphatic carbocycles. The van der Waals surface area contributed by atoms with Gasteiger partial charge in [0, 0.05) is 32.0 Å². The van der Waals surface area contributed by atoms with Crippen molar-refractivity contribution in [3.05, 3.63) is 30.3 Å². The van der Waals surface area contributed by atoms with E-state index in [-0.39, 0.29) is 17.9 Å². The molecule has 0 aromatic heterocycles. The Morgan fingerprint density at radius 2 is 1.91 bits per heavy atom. The molecule has 0 radical (unpaired) electrons. The highest BCUT2D eigenvalue weighted by Crippen LogP contribution is 2.12. The molecule has 1 aliphatic rings. The average molecular weight is 318 g/mol. The number of likely N-dealkylation sites (tertiary alicyclic amines) is 1. The van der Waals surface area contributed by atoms with E-state index in [4.69, 9.17) is 4.74 Å². The van der Waals surface area contributed by atoms with E-state index < -0.39 is 0 Å². The first kappa shape index (κ1) is 17.3. The molecule has 1 fully saturated rings. The number of para-hydroxylation sites is 1. The molecule has 0 saturated carbocycles. The van der Waals surface area contributed by atoms with Crippen molar-refractivity contribution in [1.82, 2.24) is 10.2 Å². The summed E-state index contributed by atoms with van der Waals surface area (Å²) in [4.78, 5) is 25.4. The van der Waals surface area contributed by atoms with Gasteiger partial charge in [-0.05, 0) is 31.4 Å². The maximum atomic E-state index is 11.9. The highest BCUT2D eigenvalue weighted by atomic mass is 16.5. The number of ether oxygens (including phenoxy) is 1. The summed E-state index contributed by atoms with van der Waals surface area (Å²) < 4.78 is 5.57. The highest BCUT2D eigenvalue weighted by Gasteiger charge is 2.22. The van der Waals surface area contributed by atoms with Gasteiger partial charge >= 0.3 is 0 Å². The van der Waals surface area contributed by atoms with Crippen LogP contribution < -0.4 is 10.1 Å². The van der Waals surface area contributed by atoms with E-state index in [0.717, 1.165) is 31.7 Å². The second-order valence-corrected chi connectivity index (χ2v) is 5.84. The summed E-state index contributed by atoms with van der Waals surface area (Å²) in [6.07, 6.45) is 3.42. The number of hydrogen-bond acceptors (Lipinski definition) is 3. The van der Waals surface area contributed by atoms with Crippen LogP contribution in [-0.4, -0.2) is 42.5 Å². The van der Waals surface area contributed by atoms with Crippen molar-refractivity contribution in [3.63, 3.8) is 0 Å². The molecule has 1 N–H and O–H groups in total. The third kappa shape index (κ3) is 5.93. The fourth-order valence-corrected chi connectivity index (χ4v) is 2.74. The molecule has 2 rings (SSSR count). The van der Waals surface area contributed by atoms with Crippen LogP contribution in [0.3, 0.4) is 0 Å². The number of nitrogens with zero attached hydrogens (tertiary/aromatic N) is 1. The van der Waals surface area contributed by atoms with E-state index in [1.54, 1.807) is 0 Å². The molecule has 5 nitrogen and oxygen atoms in total. The van der Waals surface area contributed by atoms with Crippen LogP contribution in [0.5, 0.6) is 5.75 Å². The van der Waals surface area contributed by atoms with Crippen molar-refractivity contribution < 1.29 is 14.3 Å². The van der Waals surface area contributed by atoms with Gasteiger partial charge in [0.05, 0.1) is 6.61 Å². The number of benzene rings is 1. The predicted molar refractivity (Wildman–Crippen MR) is 89.2 cm³/mol. The molecular weight excluding hydrogens is 292 g/mol. The fraction of sp³-hybridized carbons (Fsp3) is 0.556. The quantitative estimate of drug-likeness (QED) is 0.785. The predicted octanol–water partition coefficient (Wildman–Crippen LogP) is 2.36. The number of carbonyl (C=O) groups excluding carboxylic acids is 2. The standard InChI is InChI=1S/C18H26N2O3/c1-2-18(22)20-12-10-15(11-13-20)19-17(21)9-6-14-23-16-7-4-3-5-8-16/h3-5,7-8,15H,2,6,9-14H2,1H3,(H,19,21). The van der Waals surface area contributed by atoms with E-state index in [9.17, 15) is 9.59 Å². The van der Waals surface area contributed by atoms with Crippen LogP contribution in [0.25, 0.3) is 0 Å². The van der Waals surface area contributed by atoms with Crippen LogP contribution in [0.2, 0.25) is 0 Å². The molecular formula is C18H26N2O3. The fourth-order valence-electron chi connectivity index (χ4n) is 2.74. The first-order valence-electron chi connectivity index (χ1n) is 8.44. The second-order valence-electron chi connectivity index (χ2n) is 5.84. The molecule has 5 heteroatoms. The maximum absolute atomic E-state index is 11.9. The number of amides is 2. The van der Waals surface area contributed by atoms with E-state index in [0.29, 0.717) is 25.9 Å². The molecule has 0 unspecified atom stereocenters. The number of piperidine rings is 1. The normalized spacial score (nSPS) is 15.3. The molecule has 0 spiro atoms. The molecule has 0 atom stereocenters. The lowest BCUT2D eigenvalue weighted by molar-refractivity contribution is -0.132. The van der Waals surface area contributed by atoms with Gasteiger partial charge in [-0.1, -0.05) is 25.1 Å². The zero-order chi connectivity index (χ0) is 16.5. The SMILES string of the molecule is CCC(=O)N1CCC(NC(=O)CCCOc2ccccc2)CC1. The van der Waals surface area contributed by atoms with Crippen LogP contribution in [0.15, 0.2) is 30.3 Å². The van der Waals surface area contributed by atoms with Gasteiger partial charge in [0.1, 0.15) is 5.75 Å². The van der Waals surface area contributed by atoms with Crippen molar-refractivity contribution in [1.29, 1.82) is 0 Å². The summed E-state index contributed by atoms with van der Waals surface area (Å²) in [5, 5.41) is 3.06. The first-order chi connectivity index (χ1) is 11.2. The minimum absolute atomic E-state index is 0.0712.